The molecule has 0 saturated heterocycles. The fourth-order valence-corrected chi connectivity index (χ4v) is 3.51. The number of carbonyl (C=O) groups is 2. The van der Waals surface area contributed by atoms with Crippen molar-refractivity contribution in [2.45, 2.75) is 26.8 Å². The SMILES string of the molecule is COC(=O)C(C)CN(Cc1ccccc1)C(=O)Cc1c(C)[nH]c2ccc(F)cc12. The highest BCUT2D eigenvalue weighted by Gasteiger charge is 2.23. The lowest BCUT2D eigenvalue weighted by Crippen LogP contribution is -2.37. The number of nitrogens with one attached hydrogen (secondary N) is 1. The Hall–Kier alpha value is -3.15. The van der Waals surface area contributed by atoms with E-state index >= 15 is 0 Å². The number of carbonyl (C=O) groups excluding carboxylic acids is 2. The maximum absolute atomic E-state index is 13.7. The highest BCUT2D eigenvalue weighted by Crippen LogP contribution is 2.24. The second kappa shape index (κ2) is 8.90. The number of rotatable bonds is 7. The molecule has 152 valence electrons. The zero-order valence-corrected chi connectivity index (χ0v) is 16.9. The standard InChI is InChI=1S/C23H25FN2O3/c1-15(23(28)29-3)13-26(14-17-7-5-4-6-8-17)22(27)12-19-16(2)25-21-10-9-18(24)11-20(19)21/h4-11,15,25H,12-14H2,1-3H3. The summed E-state index contributed by atoms with van der Waals surface area (Å²) < 4.78 is 18.6. The summed E-state index contributed by atoms with van der Waals surface area (Å²) in [6, 6.07) is 14.1. The van der Waals surface area contributed by atoms with Gasteiger partial charge in [0.2, 0.25) is 5.91 Å². The van der Waals surface area contributed by atoms with Gasteiger partial charge in [-0.3, -0.25) is 9.59 Å². The largest absolute Gasteiger partial charge is 0.469 e. The third-order valence-electron chi connectivity index (χ3n) is 5.08. The summed E-state index contributed by atoms with van der Waals surface area (Å²) in [5.41, 5.74) is 3.37. The van der Waals surface area contributed by atoms with Crippen LogP contribution in [0.5, 0.6) is 0 Å². The zero-order chi connectivity index (χ0) is 21.0. The molecule has 0 fully saturated rings. The first-order valence-corrected chi connectivity index (χ1v) is 9.55. The molecular formula is C23H25FN2O3. The Labute approximate surface area is 169 Å². The Bertz CT molecular complexity index is 1010. The van der Waals surface area contributed by atoms with Crippen molar-refractivity contribution < 1.29 is 18.7 Å². The van der Waals surface area contributed by atoms with E-state index in [1.165, 1.54) is 19.2 Å². The third-order valence-corrected chi connectivity index (χ3v) is 5.08. The molecule has 0 radical (unpaired) electrons. The third kappa shape index (κ3) is 4.83. The van der Waals surface area contributed by atoms with Crippen LogP contribution in [0.3, 0.4) is 0 Å². The summed E-state index contributed by atoms with van der Waals surface area (Å²) in [5.74, 6) is -1.28. The van der Waals surface area contributed by atoms with E-state index in [1.54, 1.807) is 17.9 Å². The first kappa shape index (κ1) is 20.6. The van der Waals surface area contributed by atoms with Gasteiger partial charge in [-0.25, -0.2) is 4.39 Å². The fourth-order valence-electron chi connectivity index (χ4n) is 3.51. The molecular weight excluding hydrogens is 371 g/mol. The molecule has 0 aliphatic carbocycles. The summed E-state index contributed by atoms with van der Waals surface area (Å²) in [4.78, 5) is 30.0. The number of halogens is 1. The summed E-state index contributed by atoms with van der Waals surface area (Å²) in [5, 5.41) is 0.705. The van der Waals surface area contributed by atoms with Gasteiger partial charge in [0.1, 0.15) is 5.82 Å². The number of hydrogen-bond donors (Lipinski definition) is 1. The van der Waals surface area contributed by atoms with Crippen molar-refractivity contribution >= 4 is 22.8 Å². The molecule has 1 aromatic heterocycles. The smallest absolute Gasteiger partial charge is 0.310 e. The number of aromatic amines is 1. The molecule has 29 heavy (non-hydrogen) atoms. The fraction of sp³-hybridized carbons (Fsp3) is 0.304. The number of amides is 1. The Morgan fingerprint density at radius 1 is 1.17 bits per heavy atom. The highest BCUT2D eigenvalue weighted by molar-refractivity contribution is 5.90. The number of esters is 1. The average Bonchev–Trinajstić information content (AvgIpc) is 3.02. The quantitative estimate of drug-likeness (QED) is 0.614. The summed E-state index contributed by atoms with van der Waals surface area (Å²) in [6.45, 7) is 4.25. The predicted molar refractivity (Wildman–Crippen MR) is 110 cm³/mol. The molecule has 0 aliphatic rings. The van der Waals surface area contributed by atoms with Crippen LogP contribution in [-0.4, -0.2) is 35.4 Å². The lowest BCUT2D eigenvalue weighted by atomic mass is 10.1. The monoisotopic (exact) mass is 396 g/mol. The molecule has 3 rings (SSSR count). The van der Waals surface area contributed by atoms with Crippen molar-refractivity contribution in [1.29, 1.82) is 0 Å². The number of aryl methyl sites for hydroxylation is 1. The Morgan fingerprint density at radius 2 is 1.90 bits per heavy atom. The summed E-state index contributed by atoms with van der Waals surface area (Å²) in [7, 11) is 1.34. The van der Waals surface area contributed by atoms with E-state index in [0.717, 1.165) is 22.3 Å². The average molecular weight is 396 g/mol. The molecule has 2 aromatic carbocycles. The molecule has 0 bridgehead atoms. The number of aromatic nitrogens is 1. The van der Waals surface area contributed by atoms with E-state index in [1.807, 2.05) is 37.3 Å². The minimum atomic E-state index is -0.450. The maximum atomic E-state index is 13.7. The summed E-state index contributed by atoms with van der Waals surface area (Å²) in [6.07, 6.45) is 0.121. The van der Waals surface area contributed by atoms with Gasteiger partial charge in [0.15, 0.2) is 0 Å². The number of H-pyrrole nitrogens is 1. The number of hydrogen-bond acceptors (Lipinski definition) is 3. The molecule has 1 unspecified atom stereocenters. The van der Waals surface area contributed by atoms with Gasteiger partial charge in [0, 0.05) is 29.7 Å². The van der Waals surface area contributed by atoms with Crippen molar-refractivity contribution in [3.05, 3.63) is 71.2 Å². The van der Waals surface area contributed by atoms with Gasteiger partial charge < -0.3 is 14.6 Å². The topological polar surface area (TPSA) is 62.4 Å². The first-order chi connectivity index (χ1) is 13.9. The number of fused-ring (bicyclic) bond motifs is 1. The molecule has 1 atom stereocenters. The summed E-state index contributed by atoms with van der Waals surface area (Å²) >= 11 is 0. The van der Waals surface area contributed by atoms with Crippen molar-refractivity contribution in [1.82, 2.24) is 9.88 Å². The molecule has 0 aliphatic heterocycles. The van der Waals surface area contributed by atoms with E-state index in [9.17, 15) is 14.0 Å². The molecule has 3 aromatic rings. The number of nitrogens with zero attached hydrogens (tertiary/aromatic N) is 1. The molecule has 0 saturated carbocycles. The normalized spacial score (nSPS) is 12.0. The van der Waals surface area contributed by atoms with Gasteiger partial charge in [0.05, 0.1) is 19.4 Å². The van der Waals surface area contributed by atoms with Gasteiger partial charge in [-0.05, 0) is 36.2 Å². The van der Waals surface area contributed by atoms with Gasteiger partial charge in [-0.15, -0.1) is 0 Å². The van der Waals surface area contributed by atoms with Crippen molar-refractivity contribution in [3.63, 3.8) is 0 Å². The Balaban J connectivity index is 1.87. The number of ether oxygens (including phenoxy) is 1. The molecule has 1 N–H and O–H groups in total. The van der Waals surface area contributed by atoms with Crippen molar-refractivity contribution in [3.8, 4) is 0 Å². The molecule has 0 spiro atoms. The lowest BCUT2D eigenvalue weighted by Gasteiger charge is -2.25. The minimum absolute atomic E-state index is 0.121. The van der Waals surface area contributed by atoms with Gasteiger partial charge >= 0.3 is 5.97 Å². The van der Waals surface area contributed by atoms with E-state index in [-0.39, 0.29) is 30.7 Å². The van der Waals surface area contributed by atoms with E-state index < -0.39 is 5.92 Å². The van der Waals surface area contributed by atoms with Crippen LogP contribution < -0.4 is 0 Å². The van der Waals surface area contributed by atoms with Crippen LogP contribution in [0.2, 0.25) is 0 Å². The van der Waals surface area contributed by atoms with Gasteiger partial charge in [0.25, 0.3) is 0 Å². The van der Waals surface area contributed by atoms with Crippen LogP contribution in [0.4, 0.5) is 4.39 Å². The predicted octanol–water partition coefficient (Wildman–Crippen LogP) is 4.00. The molecule has 6 heteroatoms. The van der Waals surface area contributed by atoms with Crippen LogP contribution in [0, 0.1) is 18.7 Å². The van der Waals surface area contributed by atoms with Gasteiger partial charge in [-0.2, -0.15) is 0 Å². The minimum Gasteiger partial charge on any atom is -0.469 e. The zero-order valence-electron chi connectivity index (χ0n) is 16.9. The van der Waals surface area contributed by atoms with Gasteiger partial charge in [-0.1, -0.05) is 37.3 Å². The van der Waals surface area contributed by atoms with E-state index in [2.05, 4.69) is 4.98 Å². The van der Waals surface area contributed by atoms with E-state index in [4.69, 9.17) is 4.74 Å². The van der Waals surface area contributed by atoms with Crippen LogP contribution >= 0.6 is 0 Å². The number of benzene rings is 2. The van der Waals surface area contributed by atoms with Crippen LogP contribution in [0.1, 0.15) is 23.7 Å². The Kier molecular flexibility index (Phi) is 6.32. The van der Waals surface area contributed by atoms with E-state index in [0.29, 0.717) is 11.9 Å². The Morgan fingerprint density at radius 3 is 2.59 bits per heavy atom. The van der Waals surface area contributed by atoms with Crippen molar-refractivity contribution in [2.24, 2.45) is 5.92 Å². The van der Waals surface area contributed by atoms with Crippen molar-refractivity contribution in [2.75, 3.05) is 13.7 Å². The second-order valence-corrected chi connectivity index (χ2v) is 7.28. The second-order valence-electron chi connectivity index (χ2n) is 7.28. The van der Waals surface area contributed by atoms with Crippen LogP contribution in [0.15, 0.2) is 48.5 Å². The molecule has 5 nitrogen and oxygen atoms in total. The maximum Gasteiger partial charge on any atom is 0.310 e. The van der Waals surface area contributed by atoms with Crippen LogP contribution in [0.25, 0.3) is 10.9 Å². The molecule has 1 amide bonds. The number of methoxy groups -OCH3 is 1. The lowest BCUT2D eigenvalue weighted by molar-refractivity contribution is -0.146. The highest BCUT2D eigenvalue weighted by atomic mass is 19.1. The molecule has 1 heterocycles. The first-order valence-electron chi connectivity index (χ1n) is 9.55. The van der Waals surface area contributed by atoms with Crippen LogP contribution in [-0.2, 0) is 27.3 Å².